The molecule has 0 aliphatic rings. The maximum Gasteiger partial charge on any atom is 0.164 e. The van der Waals surface area contributed by atoms with E-state index in [1.807, 2.05) is 0 Å². The van der Waals surface area contributed by atoms with Gasteiger partial charge >= 0.3 is 0 Å². The Labute approximate surface area is 354 Å². The van der Waals surface area contributed by atoms with E-state index in [1.165, 1.54) is 65.2 Å². The largest absolute Gasteiger partial charge is 0.309 e. The summed E-state index contributed by atoms with van der Waals surface area (Å²) in [4.78, 5) is 15.6. The maximum atomic E-state index is 5.21. The van der Waals surface area contributed by atoms with Crippen LogP contribution in [0.1, 0.15) is 0 Å². The van der Waals surface area contributed by atoms with Crippen molar-refractivity contribution in [3.8, 4) is 39.9 Å². The summed E-state index contributed by atoms with van der Waals surface area (Å²) in [5, 5.41) is 14.6. The van der Waals surface area contributed by atoms with Crippen molar-refractivity contribution in [1.82, 2.24) is 23.9 Å². The van der Waals surface area contributed by atoms with E-state index in [0.717, 1.165) is 49.4 Å². The Kier molecular flexibility index (Phi) is 6.77. The molecule has 0 amide bonds. The van der Waals surface area contributed by atoms with Gasteiger partial charge in [0, 0.05) is 60.1 Å². The fourth-order valence-corrected chi connectivity index (χ4v) is 10.4. The number of benzene rings is 10. The van der Waals surface area contributed by atoms with Gasteiger partial charge in [-0.25, -0.2) is 15.0 Å². The lowest BCUT2D eigenvalue weighted by Gasteiger charge is -2.12. The number of nitrogens with zero attached hydrogens (tertiary/aromatic N) is 5. The van der Waals surface area contributed by atoms with Crippen LogP contribution in [0.4, 0.5) is 0 Å². The van der Waals surface area contributed by atoms with Gasteiger partial charge in [0.1, 0.15) is 0 Å². The summed E-state index contributed by atoms with van der Waals surface area (Å²) in [5.41, 5.74) is 10.1. The van der Waals surface area contributed by atoms with Crippen LogP contribution >= 0.6 is 0 Å². The van der Waals surface area contributed by atoms with Gasteiger partial charge in [0.05, 0.1) is 27.6 Å². The van der Waals surface area contributed by atoms with Crippen LogP contribution < -0.4 is 0 Å². The van der Waals surface area contributed by atoms with Crippen LogP contribution in [0, 0.1) is 0 Å². The van der Waals surface area contributed by atoms with E-state index in [1.54, 1.807) is 0 Å². The summed E-state index contributed by atoms with van der Waals surface area (Å²) >= 11 is 0. The van der Waals surface area contributed by atoms with Gasteiger partial charge in [0.25, 0.3) is 0 Å². The number of para-hydroxylation sites is 3. The molecule has 10 aromatic carbocycles. The third-order valence-corrected chi connectivity index (χ3v) is 13.1. The van der Waals surface area contributed by atoms with Crippen LogP contribution in [0.15, 0.2) is 200 Å². The summed E-state index contributed by atoms with van der Waals surface area (Å²) in [5.74, 6) is 1.93. The van der Waals surface area contributed by atoms with Crippen molar-refractivity contribution < 1.29 is 0 Å². The smallest absolute Gasteiger partial charge is 0.164 e. The highest BCUT2D eigenvalue weighted by molar-refractivity contribution is 6.33. The maximum absolute atomic E-state index is 5.21. The van der Waals surface area contributed by atoms with Crippen LogP contribution in [-0.4, -0.2) is 23.9 Å². The molecular formula is C57H33N5. The lowest BCUT2D eigenvalue weighted by molar-refractivity contribution is 1.08. The van der Waals surface area contributed by atoms with Crippen molar-refractivity contribution in [3.63, 3.8) is 0 Å². The molecule has 0 N–H and O–H groups in total. The topological polar surface area (TPSA) is 48.0 Å². The molecule has 0 radical (unpaired) electrons. The Morgan fingerprint density at radius 2 is 0.806 bits per heavy atom. The number of hydrogen-bond donors (Lipinski definition) is 0. The summed E-state index contributed by atoms with van der Waals surface area (Å²) in [6, 6.07) is 71.8. The third-order valence-electron chi connectivity index (χ3n) is 13.1. The number of aromatic nitrogens is 5. The van der Waals surface area contributed by atoms with Gasteiger partial charge in [-0.3, -0.25) is 0 Å². The molecule has 14 rings (SSSR count). The molecule has 0 atom stereocenters. The highest BCUT2D eigenvalue weighted by atomic mass is 15.0. The lowest BCUT2D eigenvalue weighted by Crippen LogP contribution is -2.01. The minimum absolute atomic E-state index is 0.631. The summed E-state index contributed by atoms with van der Waals surface area (Å²) in [6.45, 7) is 0. The standard InChI is InChI=1S/C57H33N5/c1-3-16-39-34(12-1)14-9-22-45(39)56-58-55(59-57(60-56)46-23-10-15-35-13-2-4-17-40(35)46)37-26-30-38(31-27-37)61-49-25-8-6-19-47(49)52-50(61)33-29-36-28-32-44-43-21-11-20-42-41-18-5-7-24-48(41)62(53(42)43)54(44)51(36)52/h1-33H. The average molecular weight is 788 g/mol. The molecule has 0 saturated carbocycles. The van der Waals surface area contributed by atoms with Crippen molar-refractivity contribution in [3.05, 3.63) is 200 Å². The normalized spacial score (nSPS) is 12.2. The van der Waals surface area contributed by atoms with Crippen LogP contribution in [-0.2, 0) is 0 Å². The minimum atomic E-state index is 0.631. The van der Waals surface area contributed by atoms with Gasteiger partial charge in [-0.1, -0.05) is 158 Å². The van der Waals surface area contributed by atoms with E-state index in [2.05, 4.69) is 209 Å². The predicted molar refractivity (Wildman–Crippen MR) is 258 cm³/mol. The molecule has 4 heterocycles. The Hall–Kier alpha value is -8.41. The van der Waals surface area contributed by atoms with Crippen molar-refractivity contribution in [2.24, 2.45) is 0 Å². The van der Waals surface area contributed by atoms with E-state index >= 15 is 0 Å². The predicted octanol–water partition coefficient (Wildman–Crippen LogP) is 14.6. The molecule has 5 nitrogen and oxygen atoms in total. The molecule has 0 spiro atoms. The quantitative estimate of drug-likeness (QED) is 0.178. The SMILES string of the molecule is c1ccc2c(-c3nc(-c4ccc(-n5c6ccccc6c6c7c(ccc8c9cccc%10c%11ccccc%11n(c%109)c87)ccc65)cc4)nc(-c4cccc5ccccc45)n3)cccc2c1. The van der Waals surface area contributed by atoms with Crippen molar-refractivity contribution in [2.75, 3.05) is 0 Å². The average Bonchev–Trinajstić information content (AvgIpc) is 3.99. The summed E-state index contributed by atoms with van der Waals surface area (Å²) < 4.78 is 4.93. The third kappa shape index (κ3) is 4.59. The summed E-state index contributed by atoms with van der Waals surface area (Å²) in [7, 11) is 0. The zero-order chi connectivity index (χ0) is 40.5. The molecule has 5 heteroatoms. The molecular weight excluding hydrogens is 755 g/mol. The van der Waals surface area contributed by atoms with Crippen LogP contribution in [0.25, 0.3) is 132 Å². The second kappa shape index (κ2) is 12.6. The van der Waals surface area contributed by atoms with Crippen LogP contribution in [0.3, 0.4) is 0 Å². The Balaban J connectivity index is 0.991. The second-order valence-electron chi connectivity index (χ2n) is 16.3. The van der Waals surface area contributed by atoms with Gasteiger partial charge in [0.15, 0.2) is 17.5 Å². The van der Waals surface area contributed by atoms with Crippen LogP contribution in [0.5, 0.6) is 0 Å². The molecule has 4 aromatic heterocycles. The Morgan fingerprint density at radius 3 is 1.52 bits per heavy atom. The molecule has 0 unspecified atom stereocenters. The van der Waals surface area contributed by atoms with E-state index in [4.69, 9.17) is 15.0 Å². The van der Waals surface area contributed by atoms with E-state index in [0.29, 0.717) is 17.5 Å². The molecule has 62 heavy (non-hydrogen) atoms. The molecule has 0 bridgehead atoms. The Morgan fingerprint density at radius 1 is 0.290 bits per heavy atom. The van der Waals surface area contributed by atoms with Gasteiger partial charge < -0.3 is 8.97 Å². The fraction of sp³-hybridized carbons (Fsp3) is 0. The zero-order valence-corrected chi connectivity index (χ0v) is 33.3. The first-order chi connectivity index (χ1) is 30.8. The highest BCUT2D eigenvalue weighted by Gasteiger charge is 2.23. The molecule has 0 saturated heterocycles. The van der Waals surface area contributed by atoms with E-state index in [9.17, 15) is 0 Å². The molecule has 14 aromatic rings. The first-order valence-electron chi connectivity index (χ1n) is 21.1. The molecule has 0 aliphatic carbocycles. The first-order valence-corrected chi connectivity index (χ1v) is 21.1. The van der Waals surface area contributed by atoms with Crippen molar-refractivity contribution in [1.29, 1.82) is 0 Å². The van der Waals surface area contributed by atoms with Crippen molar-refractivity contribution in [2.45, 2.75) is 0 Å². The number of hydrogen-bond acceptors (Lipinski definition) is 3. The van der Waals surface area contributed by atoms with Gasteiger partial charge in [-0.05, 0) is 69.4 Å². The van der Waals surface area contributed by atoms with Crippen LogP contribution in [0.2, 0.25) is 0 Å². The first kappa shape index (κ1) is 33.4. The second-order valence-corrected chi connectivity index (χ2v) is 16.3. The number of fused-ring (bicyclic) bond motifs is 14. The number of rotatable bonds is 4. The molecule has 0 fully saturated rings. The van der Waals surface area contributed by atoms with E-state index < -0.39 is 0 Å². The lowest BCUT2D eigenvalue weighted by atomic mass is 10.00. The zero-order valence-electron chi connectivity index (χ0n) is 33.3. The minimum Gasteiger partial charge on any atom is -0.309 e. The van der Waals surface area contributed by atoms with Gasteiger partial charge in [0.2, 0.25) is 0 Å². The van der Waals surface area contributed by atoms with E-state index in [-0.39, 0.29) is 0 Å². The summed E-state index contributed by atoms with van der Waals surface area (Å²) in [6.07, 6.45) is 0. The fourth-order valence-electron chi connectivity index (χ4n) is 10.4. The molecule has 286 valence electrons. The van der Waals surface area contributed by atoms with Gasteiger partial charge in [-0.15, -0.1) is 0 Å². The Bertz CT molecular complexity index is 4050. The molecule has 0 aliphatic heterocycles. The highest BCUT2D eigenvalue weighted by Crippen LogP contribution is 2.45. The monoisotopic (exact) mass is 787 g/mol. The van der Waals surface area contributed by atoms with Crippen molar-refractivity contribution >= 4 is 92.2 Å². The van der Waals surface area contributed by atoms with Gasteiger partial charge in [-0.2, -0.15) is 0 Å².